The van der Waals surface area contributed by atoms with Crippen LogP contribution < -0.4 is 10.6 Å². The monoisotopic (exact) mass is 271 g/mol. The second-order valence-electron chi connectivity index (χ2n) is 3.64. The molecule has 112 valence electrons. The highest BCUT2D eigenvalue weighted by molar-refractivity contribution is 6.04. The quantitative estimate of drug-likeness (QED) is 0.560. The van der Waals surface area contributed by atoms with Crippen molar-refractivity contribution in [2.45, 2.75) is 39.8 Å². The molecular formula is C13H29N5O. The summed E-state index contributed by atoms with van der Waals surface area (Å²) >= 11 is 0. The number of rotatable bonds is 1. The molecule has 0 saturated heterocycles. The molecule has 2 rings (SSSR count). The fourth-order valence-electron chi connectivity index (χ4n) is 1.41. The topological polar surface area (TPSA) is 69.1 Å². The minimum absolute atomic E-state index is 0. The van der Waals surface area contributed by atoms with Gasteiger partial charge < -0.3 is 10.2 Å². The van der Waals surface area contributed by atoms with Crippen molar-refractivity contribution in [3.8, 4) is 0 Å². The Morgan fingerprint density at radius 1 is 1.37 bits per heavy atom. The molecule has 2 atom stereocenters. The minimum atomic E-state index is -0.275. The molecule has 1 amide bonds. The normalized spacial score (nSPS) is 23.1. The Labute approximate surface area is 118 Å². The molecule has 2 aliphatic heterocycles. The molecule has 2 unspecified atom stereocenters. The Hall–Kier alpha value is -1.85. The van der Waals surface area contributed by atoms with Crippen molar-refractivity contribution in [2.75, 3.05) is 14.1 Å². The van der Waals surface area contributed by atoms with Crippen LogP contribution in [0.2, 0.25) is 0 Å². The van der Waals surface area contributed by atoms with Gasteiger partial charge in [0.25, 0.3) is 5.91 Å². The maximum Gasteiger partial charge on any atom is 0.251 e. The first kappa shape index (κ1) is 17.2. The van der Waals surface area contributed by atoms with E-state index in [9.17, 15) is 4.79 Å². The summed E-state index contributed by atoms with van der Waals surface area (Å²) in [5, 5.41) is 5.56. The summed E-state index contributed by atoms with van der Waals surface area (Å²) in [7, 11) is 3.71. The van der Waals surface area contributed by atoms with E-state index in [4.69, 9.17) is 0 Å². The SMILES string of the molecule is CC.CC.CN(C)/C=N/C1=NC2C=CNC2C(=O)N1.[HH].[HH]. The van der Waals surface area contributed by atoms with Crippen molar-refractivity contribution in [3.05, 3.63) is 12.3 Å². The molecule has 0 aromatic rings. The average molecular weight is 271 g/mol. The lowest BCUT2D eigenvalue weighted by molar-refractivity contribution is -0.121. The lowest BCUT2D eigenvalue weighted by atomic mass is 10.1. The average Bonchev–Trinajstić information content (AvgIpc) is 2.90. The van der Waals surface area contributed by atoms with Gasteiger partial charge in [0, 0.05) is 16.9 Å². The van der Waals surface area contributed by atoms with E-state index < -0.39 is 0 Å². The maximum absolute atomic E-state index is 11.5. The predicted molar refractivity (Wildman–Crippen MR) is 84.5 cm³/mol. The van der Waals surface area contributed by atoms with Crippen LogP contribution in [0.3, 0.4) is 0 Å². The van der Waals surface area contributed by atoms with Crippen LogP contribution in [0, 0.1) is 0 Å². The second-order valence-corrected chi connectivity index (χ2v) is 3.64. The third-order valence-electron chi connectivity index (χ3n) is 2.11. The third kappa shape index (κ3) is 5.11. The predicted octanol–water partition coefficient (Wildman–Crippen LogP) is 1.46. The molecule has 0 radical (unpaired) electrons. The van der Waals surface area contributed by atoms with Gasteiger partial charge in [-0.2, -0.15) is 0 Å². The number of carbonyl (C=O) groups excluding carboxylic acids is 1. The van der Waals surface area contributed by atoms with E-state index in [1.165, 1.54) is 0 Å². The van der Waals surface area contributed by atoms with Crippen molar-refractivity contribution >= 4 is 18.2 Å². The lowest BCUT2D eigenvalue weighted by Crippen LogP contribution is -2.51. The van der Waals surface area contributed by atoms with Crippen molar-refractivity contribution in [2.24, 2.45) is 9.98 Å². The fourth-order valence-corrected chi connectivity index (χ4v) is 1.41. The van der Waals surface area contributed by atoms with Crippen LogP contribution in [-0.2, 0) is 4.79 Å². The molecule has 0 spiro atoms. The van der Waals surface area contributed by atoms with E-state index in [1.54, 1.807) is 17.4 Å². The number of hydrogen-bond donors (Lipinski definition) is 2. The number of hydrogen-bond acceptors (Lipinski definition) is 4. The highest BCUT2D eigenvalue weighted by Gasteiger charge is 2.33. The van der Waals surface area contributed by atoms with E-state index in [0.29, 0.717) is 5.96 Å². The standard InChI is InChI=1S/C9H13N5O.2C2H6.2H2/c1-14(2)5-11-9-12-6-3-4-10-7(6)8(15)13-9;2*1-2;;/h3-7,10H,1-2H3,(H,12,13,15);2*1-2H3;2*1H/b11-5+;;;;. The zero-order valence-corrected chi connectivity index (χ0v) is 12.6. The van der Waals surface area contributed by atoms with Crippen molar-refractivity contribution in [1.82, 2.24) is 15.5 Å². The molecule has 2 aliphatic rings. The van der Waals surface area contributed by atoms with Gasteiger partial charge in [0.15, 0.2) is 0 Å². The van der Waals surface area contributed by atoms with Crippen molar-refractivity contribution in [1.29, 1.82) is 0 Å². The largest absolute Gasteiger partial charge is 0.378 e. The first-order chi connectivity index (χ1) is 9.16. The van der Waals surface area contributed by atoms with Gasteiger partial charge in [0.1, 0.15) is 12.1 Å². The van der Waals surface area contributed by atoms with E-state index in [0.717, 1.165) is 0 Å². The van der Waals surface area contributed by atoms with E-state index in [2.05, 4.69) is 20.6 Å². The first-order valence-electron chi connectivity index (χ1n) is 6.69. The molecule has 0 fully saturated rings. The molecular weight excluding hydrogens is 242 g/mol. The molecule has 2 heterocycles. The Bertz CT molecular complexity index is 370. The van der Waals surface area contributed by atoms with Crippen LogP contribution in [0.5, 0.6) is 0 Å². The third-order valence-corrected chi connectivity index (χ3v) is 2.11. The number of aliphatic imine (C=N–C) groups is 2. The van der Waals surface area contributed by atoms with Crippen LogP contribution in [0.4, 0.5) is 0 Å². The molecule has 2 N–H and O–H groups in total. The van der Waals surface area contributed by atoms with E-state index in [-0.39, 0.29) is 20.8 Å². The molecule has 6 nitrogen and oxygen atoms in total. The maximum atomic E-state index is 11.5. The van der Waals surface area contributed by atoms with Gasteiger partial charge >= 0.3 is 0 Å². The molecule has 0 aliphatic carbocycles. The first-order valence-corrected chi connectivity index (χ1v) is 6.69. The van der Waals surface area contributed by atoms with Gasteiger partial charge in [-0.3, -0.25) is 10.1 Å². The number of amides is 1. The number of nitrogens with one attached hydrogen (secondary N) is 2. The molecule has 0 aromatic heterocycles. The zero-order valence-electron chi connectivity index (χ0n) is 12.6. The molecule has 0 aromatic carbocycles. The van der Waals surface area contributed by atoms with Crippen molar-refractivity contribution < 1.29 is 7.65 Å². The summed E-state index contributed by atoms with van der Waals surface area (Å²) in [6.07, 6.45) is 5.21. The summed E-state index contributed by atoms with van der Waals surface area (Å²) in [6.45, 7) is 8.00. The number of fused-ring (bicyclic) bond motifs is 1. The van der Waals surface area contributed by atoms with Crippen molar-refractivity contribution in [3.63, 3.8) is 0 Å². The smallest absolute Gasteiger partial charge is 0.251 e. The number of guanidine groups is 1. The molecule has 0 saturated carbocycles. The van der Waals surface area contributed by atoms with Crippen LogP contribution >= 0.6 is 0 Å². The summed E-state index contributed by atoms with van der Waals surface area (Å²) in [4.78, 5) is 21.7. The summed E-state index contributed by atoms with van der Waals surface area (Å²) in [5.74, 6) is 0.272. The van der Waals surface area contributed by atoms with Gasteiger partial charge in [-0.25, -0.2) is 9.98 Å². The summed E-state index contributed by atoms with van der Waals surface area (Å²) < 4.78 is 0. The van der Waals surface area contributed by atoms with Gasteiger partial charge in [0.2, 0.25) is 5.96 Å². The minimum Gasteiger partial charge on any atom is -0.378 e. The van der Waals surface area contributed by atoms with Crippen LogP contribution in [0.1, 0.15) is 30.5 Å². The Balaban J connectivity index is -0.000000499. The van der Waals surface area contributed by atoms with Gasteiger partial charge in [-0.15, -0.1) is 0 Å². The van der Waals surface area contributed by atoms with Gasteiger partial charge in [0.05, 0.1) is 6.34 Å². The number of carbonyl (C=O) groups is 1. The van der Waals surface area contributed by atoms with Crippen LogP contribution in [0.15, 0.2) is 22.3 Å². The van der Waals surface area contributed by atoms with Crippen LogP contribution in [-0.4, -0.2) is 49.3 Å². The molecule has 19 heavy (non-hydrogen) atoms. The Kier molecular flexibility index (Phi) is 8.24. The fraction of sp³-hybridized carbons (Fsp3) is 0.615. The van der Waals surface area contributed by atoms with E-state index in [1.807, 2.05) is 47.9 Å². The lowest BCUT2D eigenvalue weighted by Gasteiger charge is -2.21. The van der Waals surface area contributed by atoms with Gasteiger partial charge in [-0.1, -0.05) is 27.7 Å². The summed E-state index contributed by atoms with van der Waals surface area (Å²) in [6, 6.07) is -0.406. The second kappa shape index (κ2) is 9.13. The molecule has 6 heteroatoms. The Morgan fingerprint density at radius 3 is 2.58 bits per heavy atom. The van der Waals surface area contributed by atoms with E-state index >= 15 is 0 Å². The molecule has 0 bridgehead atoms. The number of nitrogens with zero attached hydrogens (tertiary/aromatic N) is 3. The van der Waals surface area contributed by atoms with Crippen LogP contribution in [0.25, 0.3) is 0 Å². The Morgan fingerprint density at radius 2 is 2.00 bits per heavy atom. The zero-order chi connectivity index (χ0) is 14.8. The highest BCUT2D eigenvalue weighted by atomic mass is 16.2. The highest BCUT2D eigenvalue weighted by Crippen LogP contribution is 2.11. The summed E-state index contributed by atoms with van der Waals surface area (Å²) in [5.41, 5.74) is 0. The van der Waals surface area contributed by atoms with Gasteiger partial charge in [-0.05, 0) is 12.3 Å².